The van der Waals surface area contributed by atoms with Gasteiger partial charge in [-0.25, -0.2) is 0 Å². The molecule has 3 nitrogen and oxygen atoms in total. The van der Waals surface area contributed by atoms with Crippen molar-refractivity contribution in [2.24, 2.45) is 0 Å². The Labute approximate surface area is 84.7 Å². The maximum absolute atomic E-state index is 11.0. The fourth-order valence-corrected chi connectivity index (χ4v) is 1.87. The molecule has 4 heteroatoms. The number of amides is 1. The first-order valence-electron chi connectivity index (χ1n) is 4.13. The highest BCUT2D eigenvalue weighted by Gasteiger charge is 2.22. The second kappa shape index (κ2) is 3.46. The van der Waals surface area contributed by atoms with Crippen molar-refractivity contribution in [2.75, 3.05) is 6.54 Å². The molecule has 1 fully saturated rings. The minimum atomic E-state index is 0.130. The molecule has 1 aromatic heterocycles. The van der Waals surface area contributed by atoms with Gasteiger partial charge in [-0.3, -0.25) is 9.78 Å². The fraction of sp³-hybridized carbons (Fsp3) is 0.333. The second-order valence-corrected chi connectivity index (χ2v) is 4.06. The van der Waals surface area contributed by atoms with E-state index < -0.39 is 0 Å². The molecule has 1 N–H and O–H groups in total. The van der Waals surface area contributed by atoms with Gasteiger partial charge in [0.05, 0.1) is 0 Å². The lowest BCUT2D eigenvalue weighted by atomic mass is 10.0. The highest BCUT2D eigenvalue weighted by Crippen LogP contribution is 2.24. The standard InChI is InChI=1S/C9H9BrN2O/c10-8-1-6(3-11-5-8)7-2-9(13)12-4-7/h1,3,5,7H,2,4H2,(H,12,13)/t7-/m1/s1. The molecule has 1 aliphatic rings. The van der Waals surface area contributed by atoms with Crippen LogP contribution in [0.4, 0.5) is 0 Å². The summed E-state index contributed by atoms with van der Waals surface area (Å²) in [4.78, 5) is 15.0. The summed E-state index contributed by atoms with van der Waals surface area (Å²) in [7, 11) is 0. The fourth-order valence-electron chi connectivity index (χ4n) is 1.49. The summed E-state index contributed by atoms with van der Waals surface area (Å²) in [6.07, 6.45) is 4.14. The Balaban J connectivity index is 2.21. The summed E-state index contributed by atoms with van der Waals surface area (Å²) in [5.41, 5.74) is 1.12. The van der Waals surface area contributed by atoms with E-state index in [0.717, 1.165) is 16.6 Å². The number of pyridine rings is 1. The first-order valence-corrected chi connectivity index (χ1v) is 4.92. The van der Waals surface area contributed by atoms with Crippen LogP contribution >= 0.6 is 15.9 Å². The monoisotopic (exact) mass is 240 g/mol. The molecular weight excluding hydrogens is 232 g/mol. The Morgan fingerprint density at radius 1 is 1.54 bits per heavy atom. The molecule has 2 rings (SSSR count). The minimum absolute atomic E-state index is 0.130. The molecule has 1 saturated heterocycles. The number of nitrogens with one attached hydrogen (secondary N) is 1. The van der Waals surface area contributed by atoms with Gasteiger partial charge in [0.25, 0.3) is 0 Å². The van der Waals surface area contributed by atoms with Gasteiger partial charge >= 0.3 is 0 Å². The molecule has 1 amide bonds. The van der Waals surface area contributed by atoms with Crippen LogP contribution in [0, 0.1) is 0 Å². The lowest BCUT2D eigenvalue weighted by molar-refractivity contribution is -0.119. The Bertz CT molecular complexity index is 340. The normalized spacial score (nSPS) is 21.6. The van der Waals surface area contributed by atoms with Gasteiger partial charge in [0.2, 0.25) is 5.91 Å². The Hall–Kier alpha value is -0.900. The summed E-state index contributed by atoms with van der Waals surface area (Å²) in [5, 5.41) is 2.81. The molecule has 0 saturated carbocycles. The first kappa shape index (κ1) is 8.69. The lowest BCUT2D eigenvalue weighted by Gasteiger charge is -2.06. The van der Waals surface area contributed by atoms with Crippen molar-refractivity contribution < 1.29 is 4.79 Å². The Morgan fingerprint density at radius 2 is 2.38 bits per heavy atom. The van der Waals surface area contributed by atoms with E-state index in [1.807, 2.05) is 12.3 Å². The summed E-state index contributed by atoms with van der Waals surface area (Å²) >= 11 is 3.36. The predicted octanol–water partition coefficient (Wildman–Crippen LogP) is 1.45. The van der Waals surface area contributed by atoms with Crippen molar-refractivity contribution in [1.82, 2.24) is 10.3 Å². The molecule has 68 valence electrons. The number of rotatable bonds is 1. The Kier molecular flexibility index (Phi) is 2.31. The average molecular weight is 241 g/mol. The smallest absolute Gasteiger partial charge is 0.220 e. The first-order chi connectivity index (χ1) is 6.25. The van der Waals surface area contributed by atoms with Gasteiger partial charge in [0.1, 0.15) is 0 Å². The molecule has 0 aliphatic carbocycles. The van der Waals surface area contributed by atoms with Gasteiger partial charge in [-0.05, 0) is 27.6 Å². The summed E-state index contributed by atoms with van der Waals surface area (Å²) < 4.78 is 0.962. The third-order valence-corrected chi connectivity index (χ3v) is 2.61. The number of carbonyl (C=O) groups excluding carboxylic acids is 1. The van der Waals surface area contributed by atoms with E-state index >= 15 is 0 Å². The summed E-state index contributed by atoms with van der Waals surface area (Å²) in [6.45, 7) is 0.733. The van der Waals surface area contributed by atoms with Crippen molar-refractivity contribution in [3.8, 4) is 0 Å². The van der Waals surface area contributed by atoms with E-state index in [4.69, 9.17) is 0 Å². The van der Waals surface area contributed by atoms with Crippen molar-refractivity contribution in [3.63, 3.8) is 0 Å². The van der Waals surface area contributed by atoms with Gasteiger partial charge < -0.3 is 5.32 Å². The van der Waals surface area contributed by atoms with E-state index in [2.05, 4.69) is 26.2 Å². The zero-order chi connectivity index (χ0) is 9.26. The third-order valence-electron chi connectivity index (χ3n) is 2.17. The SMILES string of the molecule is O=C1C[C@@H](c2cncc(Br)c2)CN1. The topological polar surface area (TPSA) is 42.0 Å². The van der Waals surface area contributed by atoms with Crippen LogP contribution in [0.3, 0.4) is 0 Å². The Morgan fingerprint density at radius 3 is 3.00 bits per heavy atom. The molecule has 1 aliphatic heterocycles. The van der Waals surface area contributed by atoms with Crippen LogP contribution in [0.15, 0.2) is 22.9 Å². The number of halogens is 1. The van der Waals surface area contributed by atoms with Crippen molar-refractivity contribution >= 4 is 21.8 Å². The van der Waals surface area contributed by atoms with Crippen molar-refractivity contribution in [3.05, 3.63) is 28.5 Å². The number of carbonyl (C=O) groups is 1. The molecule has 0 unspecified atom stereocenters. The molecule has 1 atom stereocenters. The zero-order valence-corrected chi connectivity index (χ0v) is 8.54. The molecule has 0 radical (unpaired) electrons. The predicted molar refractivity (Wildman–Crippen MR) is 52.3 cm³/mol. The lowest BCUT2D eigenvalue weighted by Crippen LogP contribution is -2.13. The third kappa shape index (κ3) is 1.88. The highest BCUT2D eigenvalue weighted by atomic mass is 79.9. The van der Waals surface area contributed by atoms with E-state index in [-0.39, 0.29) is 11.8 Å². The van der Waals surface area contributed by atoms with Crippen LogP contribution < -0.4 is 5.32 Å². The number of hydrogen-bond acceptors (Lipinski definition) is 2. The molecule has 13 heavy (non-hydrogen) atoms. The van der Waals surface area contributed by atoms with E-state index in [1.54, 1.807) is 6.20 Å². The quantitative estimate of drug-likeness (QED) is 0.808. The van der Waals surface area contributed by atoms with Crippen LogP contribution in [0.25, 0.3) is 0 Å². The minimum Gasteiger partial charge on any atom is -0.355 e. The summed E-state index contributed by atoms with van der Waals surface area (Å²) in [6, 6.07) is 2.01. The van der Waals surface area contributed by atoms with Crippen molar-refractivity contribution in [2.45, 2.75) is 12.3 Å². The number of aromatic nitrogens is 1. The maximum Gasteiger partial charge on any atom is 0.220 e. The second-order valence-electron chi connectivity index (χ2n) is 3.14. The molecule has 2 heterocycles. The van der Waals surface area contributed by atoms with Gasteiger partial charge in [-0.1, -0.05) is 0 Å². The number of nitrogens with zero attached hydrogens (tertiary/aromatic N) is 1. The molecular formula is C9H9BrN2O. The zero-order valence-electron chi connectivity index (χ0n) is 6.96. The van der Waals surface area contributed by atoms with Crippen LogP contribution in [-0.2, 0) is 4.79 Å². The van der Waals surface area contributed by atoms with Crippen LogP contribution in [0.1, 0.15) is 17.9 Å². The van der Waals surface area contributed by atoms with Gasteiger partial charge in [0, 0.05) is 35.7 Å². The van der Waals surface area contributed by atoms with Gasteiger partial charge in [0.15, 0.2) is 0 Å². The molecule has 0 bridgehead atoms. The summed E-state index contributed by atoms with van der Waals surface area (Å²) in [5.74, 6) is 0.419. The van der Waals surface area contributed by atoms with Gasteiger partial charge in [-0.2, -0.15) is 0 Å². The number of hydrogen-bond donors (Lipinski definition) is 1. The van der Waals surface area contributed by atoms with Crippen LogP contribution in [-0.4, -0.2) is 17.4 Å². The van der Waals surface area contributed by atoms with E-state index in [0.29, 0.717) is 6.42 Å². The van der Waals surface area contributed by atoms with E-state index in [9.17, 15) is 4.79 Å². The van der Waals surface area contributed by atoms with Gasteiger partial charge in [-0.15, -0.1) is 0 Å². The molecule has 0 spiro atoms. The largest absolute Gasteiger partial charge is 0.355 e. The molecule has 1 aromatic rings. The van der Waals surface area contributed by atoms with Crippen molar-refractivity contribution in [1.29, 1.82) is 0 Å². The average Bonchev–Trinajstić information content (AvgIpc) is 2.52. The molecule has 0 aromatic carbocycles. The van der Waals surface area contributed by atoms with E-state index in [1.165, 1.54) is 0 Å². The van der Waals surface area contributed by atoms with Crippen LogP contribution in [0.5, 0.6) is 0 Å². The maximum atomic E-state index is 11.0. The highest BCUT2D eigenvalue weighted by molar-refractivity contribution is 9.10. The van der Waals surface area contributed by atoms with Crippen LogP contribution in [0.2, 0.25) is 0 Å².